The second-order valence-corrected chi connectivity index (χ2v) is 3.42. The van der Waals surface area contributed by atoms with Crippen LogP contribution in [0.15, 0.2) is 0 Å². The first kappa shape index (κ1) is 10.9. The molecule has 1 aliphatic carbocycles. The number of nitrogens with two attached hydrogens (primary N) is 1. The first-order chi connectivity index (χ1) is 6.50. The summed E-state index contributed by atoms with van der Waals surface area (Å²) in [6.45, 7) is 0.239. The number of ether oxygens (including phenoxy) is 1. The van der Waals surface area contributed by atoms with Crippen LogP contribution < -0.4 is 5.73 Å². The Labute approximate surface area is 80.7 Å². The molecule has 0 aliphatic heterocycles. The molecule has 6 nitrogen and oxygen atoms in total. The molecular formula is C8H13NO5. The number of rotatable bonds is 5. The molecule has 0 unspecified atom stereocenters. The molecule has 0 aromatic heterocycles. The average Bonchev–Trinajstić information content (AvgIpc) is 2.78. The van der Waals surface area contributed by atoms with Crippen LogP contribution >= 0.6 is 0 Å². The minimum absolute atomic E-state index is 0.239. The van der Waals surface area contributed by atoms with E-state index in [1.807, 2.05) is 0 Å². The Bertz CT molecular complexity index is 254. The lowest BCUT2D eigenvalue weighted by atomic mass is 10.1. The lowest BCUT2D eigenvalue weighted by Gasteiger charge is -2.03. The molecular weight excluding hydrogens is 190 g/mol. The smallest absolute Gasteiger partial charge is 0.320 e. The Kier molecular flexibility index (Phi) is 3.07. The maximum absolute atomic E-state index is 10.7. The molecule has 14 heavy (non-hydrogen) atoms. The number of carbonyl (C=O) groups is 2. The van der Waals surface area contributed by atoms with Crippen LogP contribution in [-0.2, 0) is 14.3 Å². The molecule has 0 radical (unpaired) electrons. The first-order valence-corrected chi connectivity index (χ1v) is 4.20. The van der Waals surface area contributed by atoms with Gasteiger partial charge in [-0.1, -0.05) is 0 Å². The van der Waals surface area contributed by atoms with Gasteiger partial charge in [-0.2, -0.15) is 0 Å². The van der Waals surface area contributed by atoms with Gasteiger partial charge in [0, 0.05) is 18.9 Å². The van der Waals surface area contributed by atoms with Crippen molar-refractivity contribution in [2.24, 2.45) is 23.5 Å². The third-order valence-corrected chi connectivity index (χ3v) is 2.57. The molecule has 4 atom stereocenters. The molecule has 80 valence electrons. The molecule has 0 spiro atoms. The minimum atomic E-state index is -1.17. The highest BCUT2D eigenvalue weighted by atomic mass is 16.5. The molecule has 0 aromatic carbocycles. The zero-order chi connectivity index (χ0) is 10.9. The Morgan fingerprint density at radius 2 is 2.07 bits per heavy atom. The maximum atomic E-state index is 10.7. The monoisotopic (exact) mass is 203 g/mol. The predicted molar refractivity (Wildman–Crippen MR) is 45.6 cm³/mol. The van der Waals surface area contributed by atoms with Gasteiger partial charge in [0.25, 0.3) is 0 Å². The molecule has 1 aliphatic rings. The van der Waals surface area contributed by atoms with Crippen LogP contribution in [0.1, 0.15) is 0 Å². The fraction of sp³-hybridized carbons (Fsp3) is 0.750. The van der Waals surface area contributed by atoms with Crippen molar-refractivity contribution >= 4 is 11.9 Å². The van der Waals surface area contributed by atoms with E-state index in [0.29, 0.717) is 0 Å². The summed E-state index contributed by atoms with van der Waals surface area (Å²) in [5.74, 6) is -3.64. The number of carboxylic acid groups (broad SMARTS) is 2. The van der Waals surface area contributed by atoms with Crippen LogP contribution in [0.4, 0.5) is 0 Å². The first-order valence-electron chi connectivity index (χ1n) is 4.20. The standard InChI is InChI=1S/C8H13NO5/c1-14-2-3-4(5(3)7(10)11)6(9)8(12)13/h3-6H,2,9H2,1H3,(H,10,11)(H,12,13)/t3-,4+,5+,6+/m1/s1. The van der Waals surface area contributed by atoms with Crippen LogP contribution in [0.3, 0.4) is 0 Å². The van der Waals surface area contributed by atoms with Crippen LogP contribution in [-0.4, -0.2) is 41.9 Å². The zero-order valence-corrected chi connectivity index (χ0v) is 7.71. The van der Waals surface area contributed by atoms with Gasteiger partial charge in [-0.05, 0) is 0 Å². The van der Waals surface area contributed by atoms with Crippen molar-refractivity contribution in [1.29, 1.82) is 0 Å². The summed E-state index contributed by atoms with van der Waals surface area (Å²) in [6.07, 6.45) is 0. The summed E-state index contributed by atoms with van der Waals surface area (Å²) in [5, 5.41) is 17.4. The summed E-state index contributed by atoms with van der Waals surface area (Å²) in [7, 11) is 1.45. The summed E-state index contributed by atoms with van der Waals surface area (Å²) >= 11 is 0. The molecule has 0 bridgehead atoms. The van der Waals surface area contributed by atoms with Crippen LogP contribution in [0.2, 0.25) is 0 Å². The van der Waals surface area contributed by atoms with E-state index in [1.54, 1.807) is 0 Å². The largest absolute Gasteiger partial charge is 0.481 e. The highest BCUT2D eigenvalue weighted by molar-refractivity contribution is 5.80. The van der Waals surface area contributed by atoms with E-state index in [0.717, 1.165) is 0 Å². The zero-order valence-electron chi connectivity index (χ0n) is 7.71. The van der Waals surface area contributed by atoms with Crippen molar-refractivity contribution in [2.75, 3.05) is 13.7 Å². The van der Waals surface area contributed by atoms with E-state index >= 15 is 0 Å². The van der Waals surface area contributed by atoms with Gasteiger partial charge in [0.15, 0.2) is 0 Å². The van der Waals surface area contributed by atoms with Gasteiger partial charge in [-0.3, -0.25) is 9.59 Å². The van der Waals surface area contributed by atoms with E-state index in [4.69, 9.17) is 20.7 Å². The topological polar surface area (TPSA) is 110 Å². The molecule has 1 saturated carbocycles. The highest BCUT2D eigenvalue weighted by Crippen LogP contribution is 2.48. The SMILES string of the molecule is COC[C@H]1[C@H](C(=O)O)[C@H]1[C@H](N)C(=O)O. The van der Waals surface area contributed by atoms with Gasteiger partial charge in [-0.15, -0.1) is 0 Å². The van der Waals surface area contributed by atoms with Crippen molar-refractivity contribution in [3.63, 3.8) is 0 Å². The fourth-order valence-corrected chi connectivity index (χ4v) is 1.81. The quantitative estimate of drug-likeness (QED) is 0.528. The van der Waals surface area contributed by atoms with E-state index in [9.17, 15) is 9.59 Å². The summed E-state index contributed by atoms with van der Waals surface area (Å²) < 4.78 is 4.79. The van der Waals surface area contributed by atoms with E-state index in [1.165, 1.54) is 7.11 Å². The number of methoxy groups -OCH3 is 1. The lowest BCUT2D eigenvalue weighted by molar-refractivity contribution is -0.140. The minimum Gasteiger partial charge on any atom is -0.481 e. The Balaban J connectivity index is 2.62. The van der Waals surface area contributed by atoms with E-state index < -0.39 is 29.8 Å². The average molecular weight is 203 g/mol. The second kappa shape index (κ2) is 3.93. The molecule has 0 saturated heterocycles. The number of hydrogen-bond acceptors (Lipinski definition) is 4. The number of carboxylic acids is 2. The van der Waals surface area contributed by atoms with Crippen molar-refractivity contribution in [3.8, 4) is 0 Å². The van der Waals surface area contributed by atoms with Crippen LogP contribution in [0.5, 0.6) is 0 Å². The normalized spacial score (nSPS) is 32.3. The van der Waals surface area contributed by atoms with Gasteiger partial charge in [0.2, 0.25) is 0 Å². The summed E-state index contributed by atoms with van der Waals surface area (Å²) in [4.78, 5) is 21.2. The third-order valence-electron chi connectivity index (χ3n) is 2.57. The summed E-state index contributed by atoms with van der Waals surface area (Å²) in [6, 6.07) is -1.11. The fourth-order valence-electron chi connectivity index (χ4n) is 1.81. The Morgan fingerprint density at radius 3 is 2.43 bits per heavy atom. The molecule has 0 amide bonds. The van der Waals surface area contributed by atoms with E-state index in [2.05, 4.69) is 0 Å². The second-order valence-electron chi connectivity index (χ2n) is 3.42. The Hall–Kier alpha value is -1.14. The van der Waals surface area contributed by atoms with E-state index in [-0.39, 0.29) is 12.5 Å². The van der Waals surface area contributed by atoms with Crippen LogP contribution in [0.25, 0.3) is 0 Å². The van der Waals surface area contributed by atoms with Crippen molar-refractivity contribution < 1.29 is 24.5 Å². The maximum Gasteiger partial charge on any atom is 0.320 e. The molecule has 1 fully saturated rings. The third kappa shape index (κ3) is 1.85. The molecule has 6 heteroatoms. The van der Waals surface area contributed by atoms with Crippen molar-refractivity contribution in [2.45, 2.75) is 6.04 Å². The van der Waals surface area contributed by atoms with Gasteiger partial charge >= 0.3 is 11.9 Å². The molecule has 0 aromatic rings. The van der Waals surface area contributed by atoms with Gasteiger partial charge in [0.05, 0.1) is 12.5 Å². The van der Waals surface area contributed by atoms with Crippen molar-refractivity contribution in [3.05, 3.63) is 0 Å². The molecule has 1 rings (SSSR count). The number of hydrogen-bond donors (Lipinski definition) is 3. The van der Waals surface area contributed by atoms with Gasteiger partial charge < -0.3 is 20.7 Å². The highest BCUT2D eigenvalue weighted by Gasteiger charge is 2.59. The van der Waals surface area contributed by atoms with Gasteiger partial charge in [-0.25, -0.2) is 0 Å². The van der Waals surface area contributed by atoms with Gasteiger partial charge in [0.1, 0.15) is 6.04 Å². The summed E-state index contributed by atoms with van der Waals surface area (Å²) in [5.41, 5.74) is 5.35. The predicted octanol–water partition coefficient (Wildman–Crippen LogP) is -1.01. The molecule has 4 N–H and O–H groups in total. The molecule has 0 heterocycles. The van der Waals surface area contributed by atoms with Crippen molar-refractivity contribution in [1.82, 2.24) is 0 Å². The van der Waals surface area contributed by atoms with Crippen LogP contribution in [0, 0.1) is 17.8 Å². The Morgan fingerprint density at radius 1 is 1.50 bits per heavy atom. The lowest BCUT2D eigenvalue weighted by Crippen LogP contribution is -2.34. The number of aliphatic carboxylic acids is 2.